The van der Waals surface area contributed by atoms with Gasteiger partial charge in [-0.05, 0) is 36.4 Å². The largest absolute Gasteiger partial charge is 0.496 e. The van der Waals surface area contributed by atoms with Crippen molar-refractivity contribution in [2.75, 3.05) is 7.11 Å². The minimum Gasteiger partial charge on any atom is -0.496 e. The normalized spacial score (nSPS) is 10.6. The van der Waals surface area contributed by atoms with Crippen LogP contribution < -0.4 is 4.74 Å². The molecule has 0 amide bonds. The minimum atomic E-state index is -0.368. The Labute approximate surface area is 120 Å². The molecule has 0 bridgehead atoms. The van der Waals surface area contributed by atoms with Crippen LogP contribution in [0.25, 0.3) is 22.5 Å². The average molecular weight is 286 g/mol. The fourth-order valence-corrected chi connectivity index (χ4v) is 2.15. The number of rotatable bonds is 3. The second-order valence-electron chi connectivity index (χ2n) is 4.52. The van der Waals surface area contributed by atoms with Gasteiger partial charge in [-0.25, -0.2) is 8.78 Å². The molecule has 0 saturated heterocycles. The fourth-order valence-electron chi connectivity index (χ4n) is 2.15. The standard InChI is InChI=1S/C16H12F2N2O/c1-21-16-6-5-12(18)8-13(16)15-9-14(19-20-15)10-3-2-4-11(17)7-10/h2-9H,1H3,(H,19,20). The number of hydrogen-bond acceptors (Lipinski definition) is 2. The number of aromatic nitrogens is 2. The summed E-state index contributed by atoms with van der Waals surface area (Å²) in [4.78, 5) is 0. The molecule has 2 aromatic carbocycles. The topological polar surface area (TPSA) is 37.9 Å². The molecule has 3 rings (SSSR count). The van der Waals surface area contributed by atoms with Crippen LogP contribution in [0.2, 0.25) is 0 Å². The van der Waals surface area contributed by atoms with Gasteiger partial charge in [0.25, 0.3) is 0 Å². The van der Waals surface area contributed by atoms with Gasteiger partial charge in [0.15, 0.2) is 0 Å². The van der Waals surface area contributed by atoms with E-state index in [0.717, 1.165) is 0 Å². The number of H-pyrrole nitrogens is 1. The number of halogens is 2. The first-order valence-corrected chi connectivity index (χ1v) is 6.32. The molecule has 0 atom stereocenters. The van der Waals surface area contributed by atoms with Gasteiger partial charge < -0.3 is 4.74 Å². The van der Waals surface area contributed by atoms with Crippen molar-refractivity contribution in [3.05, 3.63) is 60.2 Å². The molecule has 0 fully saturated rings. The summed E-state index contributed by atoms with van der Waals surface area (Å²) in [6, 6.07) is 12.1. The number of aromatic amines is 1. The molecule has 0 radical (unpaired) electrons. The third-order valence-electron chi connectivity index (χ3n) is 3.15. The van der Waals surface area contributed by atoms with Crippen molar-refractivity contribution >= 4 is 0 Å². The maximum Gasteiger partial charge on any atom is 0.128 e. The number of ether oxygens (including phenoxy) is 1. The maximum atomic E-state index is 13.4. The van der Waals surface area contributed by atoms with Crippen molar-refractivity contribution in [2.45, 2.75) is 0 Å². The molecule has 0 aliphatic heterocycles. The van der Waals surface area contributed by atoms with E-state index < -0.39 is 0 Å². The highest BCUT2D eigenvalue weighted by molar-refractivity contribution is 5.72. The van der Waals surface area contributed by atoms with Crippen molar-refractivity contribution in [3.8, 4) is 28.3 Å². The van der Waals surface area contributed by atoms with E-state index in [1.807, 2.05) is 0 Å². The summed E-state index contributed by atoms with van der Waals surface area (Å²) >= 11 is 0. The first-order chi connectivity index (χ1) is 10.2. The lowest BCUT2D eigenvalue weighted by atomic mass is 10.1. The van der Waals surface area contributed by atoms with Gasteiger partial charge >= 0.3 is 0 Å². The van der Waals surface area contributed by atoms with E-state index in [2.05, 4.69) is 10.2 Å². The Morgan fingerprint density at radius 3 is 2.57 bits per heavy atom. The van der Waals surface area contributed by atoms with Crippen LogP contribution in [0.1, 0.15) is 0 Å². The van der Waals surface area contributed by atoms with E-state index in [-0.39, 0.29) is 11.6 Å². The zero-order valence-corrected chi connectivity index (χ0v) is 11.2. The molecular weight excluding hydrogens is 274 g/mol. The minimum absolute atomic E-state index is 0.333. The summed E-state index contributed by atoms with van der Waals surface area (Å²) in [6.07, 6.45) is 0. The summed E-state index contributed by atoms with van der Waals surface area (Å²) in [7, 11) is 1.51. The van der Waals surface area contributed by atoms with Gasteiger partial charge in [0.2, 0.25) is 0 Å². The fraction of sp³-hybridized carbons (Fsp3) is 0.0625. The highest BCUT2D eigenvalue weighted by Crippen LogP contribution is 2.31. The first kappa shape index (κ1) is 13.3. The second-order valence-corrected chi connectivity index (χ2v) is 4.52. The van der Waals surface area contributed by atoms with E-state index in [1.165, 1.54) is 31.4 Å². The zero-order valence-electron chi connectivity index (χ0n) is 11.2. The van der Waals surface area contributed by atoms with E-state index in [1.54, 1.807) is 24.3 Å². The quantitative estimate of drug-likeness (QED) is 0.789. The third kappa shape index (κ3) is 2.63. The molecular formula is C16H12F2N2O. The second kappa shape index (κ2) is 5.36. The van der Waals surface area contributed by atoms with E-state index in [9.17, 15) is 8.78 Å². The van der Waals surface area contributed by atoms with Gasteiger partial charge in [-0.2, -0.15) is 5.10 Å². The van der Waals surface area contributed by atoms with Crippen LogP contribution in [0, 0.1) is 11.6 Å². The Morgan fingerprint density at radius 2 is 1.81 bits per heavy atom. The molecule has 0 aliphatic rings. The highest BCUT2D eigenvalue weighted by Gasteiger charge is 2.11. The summed E-state index contributed by atoms with van der Waals surface area (Å²) < 4.78 is 31.9. The van der Waals surface area contributed by atoms with Crippen LogP contribution in [0.4, 0.5) is 8.78 Å². The number of hydrogen-bond donors (Lipinski definition) is 1. The lowest BCUT2D eigenvalue weighted by Gasteiger charge is -2.06. The van der Waals surface area contributed by atoms with Gasteiger partial charge in [0.05, 0.1) is 18.5 Å². The Bertz CT molecular complexity index is 783. The summed E-state index contributed by atoms with van der Waals surface area (Å²) in [6.45, 7) is 0. The molecule has 0 saturated carbocycles. The molecule has 1 aromatic heterocycles. The van der Waals surface area contributed by atoms with Crippen molar-refractivity contribution in [2.24, 2.45) is 0 Å². The lowest BCUT2D eigenvalue weighted by molar-refractivity contribution is 0.415. The van der Waals surface area contributed by atoms with E-state index in [0.29, 0.717) is 28.3 Å². The Kier molecular flexibility index (Phi) is 3.39. The van der Waals surface area contributed by atoms with Crippen LogP contribution in [0.5, 0.6) is 5.75 Å². The molecule has 0 unspecified atom stereocenters. The first-order valence-electron chi connectivity index (χ1n) is 6.32. The molecule has 21 heavy (non-hydrogen) atoms. The molecule has 5 heteroatoms. The molecule has 0 spiro atoms. The van der Waals surface area contributed by atoms with Crippen LogP contribution in [-0.4, -0.2) is 17.3 Å². The van der Waals surface area contributed by atoms with E-state index in [4.69, 9.17) is 4.74 Å². The Hall–Kier alpha value is -2.69. The maximum absolute atomic E-state index is 13.4. The SMILES string of the molecule is COc1ccc(F)cc1-c1cc(-c2cccc(F)c2)n[nH]1. The monoisotopic (exact) mass is 286 g/mol. The molecule has 106 valence electrons. The van der Waals surface area contributed by atoms with Gasteiger partial charge in [0, 0.05) is 11.1 Å². The average Bonchev–Trinajstić information content (AvgIpc) is 2.97. The number of nitrogens with zero attached hydrogens (tertiary/aromatic N) is 1. The zero-order chi connectivity index (χ0) is 14.8. The molecule has 1 heterocycles. The van der Waals surface area contributed by atoms with Gasteiger partial charge in [-0.3, -0.25) is 5.10 Å². The predicted molar refractivity (Wildman–Crippen MR) is 75.9 cm³/mol. The predicted octanol–water partition coefficient (Wildman–Crippen LogP) is 4.03. The summed E-state index contributed by atoms with van der Waals surface area (Å²) in [5, 5.41) is 6.96. The summed E-state index contributed by atoms with van der Waals surface area (Å²) in [5.74, 6) is -0.168. The number of nitrogens with one attached hydrogen (secondary N) is 1. The van der Waals surface area contributed by atoms with Gasteiger partial charge in [-0.1, -0.05) is 12.1 Å². The van der Waals surface area contributed by atoms with Crippen LogP contribution in [-0.2, 0) is 0 Å². The Morgan fingerprint density at radius 1 is 1.00 bits per heavy atom. The molecule has 1 N–H and O–H groups in total. The molecule has 3 nitrogen and oxygen atoms in total. The summed E-state index contributed by atoms with van der Waals surface area (Å²) in [5.41, 5.74) is 2.39. The molecule has 3 aromatic rings. The highest BCUT2D eigenvalue weighted by atomic mass is 19.1. The lowest BCUT2D eigenvalue weighted by Crippen LogP contribution is -1.89. The van der Waals surface area contributed by atoms with Crippen LogP contribution in [0.15, 0.2) is 48.5 Å². The van der Waals surface area contributed by atoms with Crippen molar-refractivity contribution in [3.63, 3.8) is 0 Å². The van der Waals surface area contributed by atoms with Gasteiger partial charge in [-0.15, -0.1) is 0 Å². The van der Waals surface area contributed by atoms with Crippen molar-refractivity contribution < 1.29 is 13.5 Å². The van der Waals surface area contributed by atoms with Crippen LogP contribution in [0.3, 0.4) is 0 Å². The van der Waals surface area contributed by atoms with Gasteiger partial charge in [0.1, 0.15) is 17.4 Å². The van der Waals surface area contributed by atoms with Crippen molar-refractivity contribution in [1.29, 1.82) is 0 Å². The number of benzene rings is 2. The van der Waals surface area contributed by atoms with E-state index >= 15 is 0 Å². The smallest absolute Gasteiger partial charge is 0.128 e. The number of methoxy groups -OCH3 is 1. The third-order valence-corrected chi connectivity index (χ3v) is 3.15. The molecule has 0 aliphatic carbocycles. The Balaban J connectivity index is 2.04. The van der Waals surface area contributed by atoms with Crippen molar-refractivity contribution in [1.82, 2.24) is 10.2 Å². The van der Waals surface area contributed by atoms with Crippen LogP contribution >= 0.6 is 0 Å².